The van der Waals surface area contributed by atoms with Gasteiger partial charge in [0, 0.05) is 21.5 Å². The monoisotopic (exact) mass is 755 g/mol. The highest BCUT2D eigenvalue weighted by Crippen LogP contribution is 2.65. The molecule has 8 rings (SSSR count). The van der Waals surface area contributed by atoms with Gasteiger partial charge in [-0.2, -0.15) is 5.01 Å². The lowest BCUT2D eigenvalue weighted by Gasteiger charge is -2.50. The molecule has 6 unspecified atom stereocenters. The van der Waals surface area contributed by atoms with E-state index in [1.807, 2.05) is 36.4 Å². The predicted octanol–water partition coefficient (Wildman–Crippen LogP) is 7.55. The molecule has 0 bridgehead atoms. The number of likely N-dealkylation sites (tertiary alicyclic amines) is 1. The van der Waals surface area contributed by atoms with E-state index in [1.165, 1.54) is 24.1 Å². The van der Waals surface area contributed by atoms with Gasteiger partial charge < -0.3 is 9.84 Å². The number of phenols is 1. The van der Waals surface area contributed by atoms with Crippen molar-refractivity contribution in [1.82, 2.24) is 9.91 Å². The number of anilines is 1. The molecule has 4 aliphatic rings. The van der Waals surface area contributed by atoms with E-state index in [-0.39, 0.29) is 47.7 Å². The van der Waals surface area contributed by atoms with Crippen LogP contribution in [0, 0.1) is 23.7 Å². The third-order valence-corrected chi connectivity index (χ3v) is 11.9. The molecule has 2 aliphatic heterocycles. The number of rotatable bonds is 7. The van der Waals surface area contributed by atoms with E-state index in [9.17, 15) is 19.5 Å². The number of methoxy groups -OCH3 is 1. The van der Waals surface area contributed by atoms with Gasteiger partial charge in [-0.05, 0) is 78.4 Å². The summed E-state index contributed by atoms with van der Waals surface area (Å²) in [5.41, 5.74) is 3.97. The van der Waals surface area contributed by atoms with Gasteiger partial charge in [0.05, 0.1) is 47.5 Å². The topological polar surface area (TPSA) is 116 Å². The summed E-state index contributed by atoms with van der Waals surface area (Å²) in [6.07, 6.45) is 2.27. The molecule has 0 aromatic heterocycles. The highest BCUT2D eigenvalue weighted by Gasteiger charge is 2.70. The number of phenolic OH excluding ortho intramolecular Hbond substituents is 1. The number of hydrogen-bond donors (Lipinski definition) is 2. The first-order valence-electron chi connectivity index (χ1n) is 16.9. The normalized spacial score (nSPS) is 26.5. The molecule has 1 saturated carbocycles. The van der Waals surface area contributed by atoms with Crippen LogP contribution in [-0.2, 0) is 31.1 Å². The van der Waals surface area contributed by atoms with Crippen molar-refractivity contribution in [1.29, 1.82) is 0 Å². The van der Waals surface area contributed by atoms with Crippen LogP contribution in [0.15, 0.2) is 103 Å². The minimum absolute atomic E-state index is 0.0894. The lowest BCUT2D eigenvalue weighted by Crippen LogP contribution is -2.53. The maximum atomic E-state index is 15.3. The minimum atomic E-state index is -1.62. The molecule has 2 saturated heterocycles. The molecule has 2 aliphatic carbocycles. The average molecular weight is 757 g/mol. The molecule has 4 aromatic rings. The van der Waals surface area contributed by atoms with E-state index in [4.69, 9.17) is 39.5 Å². The molecule has 4 amide bonds. The van der Waals surface area contributed by atoms with Crippen LogP contribution in [0.1, 0.15) is 35.4 Å². The fraction of sp³-hybridized carbons (Fsp3) is 0.250. The van der Waals surface area contributed by atoms with Gasteiger partial charge in [-0.1, -0.05) is 88.9 Å². The molecular weight excluding hydrogens is 725 g/mol. The number of aromatic hydroxyl groups is 1. The molecule has 2 N–H and O–H groups in total. The Bertz CT molecular complexity index is 2180. The number of nitrogens with zero attached hydrogens (tertiary/aromatic N) is 2. The number of hydrazine groups is 1. The number of hydrogen-bond acceptors (Lipinski definition) is 7. The molecular formula is C40H32Cl3N3O6. The summed E-state index contributed by atoms with van der Waals surface area (Å²) in [5, 5.41) is 13.4. The molecule has 0 spiro atoms. The zero-order chi connectivity index (χ0) is 36.5. The van der Waals surface area contributed by atoms with Crippen molar-refractivity contribution in [2.75, 3.05) is 12.5 Å². The molecule has 264 valence electrons. The molecule has 9 nitrogen and oxygen atoms in total. The maximum absolute atomic E-state index is 15.3. The van der Waals surface area contributed by atoms with Crippen molar-refractivity contribution < 1.29 is 29.0 Å². The SMILES string of the molecule is COc1ccc(C23C(=O)N(Nc4ccc(Cl)cc4Cl)C(=O)C2CC2C(=CCC4C(=O)N(Cc5ccccc5)C(=O)C42)C3c2cc(Cl)ccc2O)cc1. The van der Waals surface area contributed by atoms with Crippen LogP contribution in [0.4, 0.5) is 5.69 Å². The molecule has 52 heavy (non-hydrogen) atoms. The highest BCUT2D eigenvalue weighted by molar-refractivity contribution is 6.36. The number of halogens is 3. The lowest BCUT2D eigenvalue weighted by molar-refractivity contribution is -0.142. The van der Waals surface area contributed by atoms with E-state index >= 15 is 4.79 Å². The predicted molar refractivity (Wildman–Crippen MR) is 196 cm³/mol. The standard InChI is InChI=1S/C40H32Cl3N3O6/c1-52-25-11-7-22(8-12-25)40-30(37(49)46(39(40)51)44-32-15-9-24(42)18-31(32)43)19-28-26(35(40)29-17-23(41)10-16-33(29)47)13-14-27-34(28)38(50)45(36(27)48)20-21-5-3-2-4-6-21/h2-13,15-18,27-28,30,34-35,44,47H,14,19-20H2,1H3. The molecule has 2 heterocycles. The number of ether oxygens (including phenoxy) is 1. The molecule has 4 aromatic carbocycles. The summed E-state index contributed by atoms with van der Waals surface area (Å²) in [6, 6.07) is 25.5. The van der Waals surface area contributed by atoms with Gasteiger partial charge in [0.25, 0.3) is 11.8 Å². The zero-order valence-corrected chi connectivity index (χ0v) is 30.0. The van der Waals surface area contributed by atoms with Crippen molar-refractivity contribution in [3.8, 4) is 11.5 Å². The van der Waals surface area contributed by atoms with Crippen LogP contribution < -0.4 is 10.2 Å². The Morgan fingerprint density at radius 1 is 0.846 bits per heavy atom. The summed E-state index contributed by atoms with van der Waals surface area (Å²) < 4.78 is 5.45. The summed E-state index contributed by atoms with van der Waals surface area (Å²) in [6.45, 7) is 0.127. The molecule has 0 radical (unpaired) electrons. The smallest absolute Gasteiger partial charge is 0.260 e. The van der Waals surface area contributed by atoms with Crippen LogP contribution in [0.2, 0.25) is 15.1 Å². The van der Waals surface area contributed by atoms with Crippen molar-refractivity contribution >= 4 is 64.1 Å². The first kappa shape index (κ1) is 34.3. The Morgan fingerprint density at radius 2 is 1.56 bits per heavy atom. The van der Waals surface area contributed by atoms with E-state index < -0.39 is 46.8 Å². The Morgan fingerprint density at radius 3 is 2.27 bits per heavy atom. The molecule has 12 heteroatoms. The van der Waals surface area contributed by atoms with Gasteiger partial charge in [-0.15, -0.1) is 0 Å². The Labute approximate surface area is 314 Å². The van der Waals surface area contributed by atoms with E-state index in [2.05, 4.69) is 5.43 Å². The summed E-state index contributed by atoms with van der Waals surface area (Å²) >= 11 is 19.3. The lowest BCUT2D eigenvalue weighted by atomic mass is 9.49. The number of imide groups is 2. The number of allylic oxidation sites excluding steroid dienone is 2. The summed E-state index contributed by atoms with van der Waals surface area (Å²) in [5.74, 6) is -5.31. The fourth-order valence-electron chi connectivity index (χ4n) is 8.93. The highest BCUT2D eigenvalue weighted by atomic mass is 35.5. The van der Waals surface area contributed by atoms with Crippen molar-refractivity contribution in [2.24, 2.45) is 23.7 Å². The number of carbonyl (C=O) groups excluding carboxylic acids is 4. The number of benzene rings is 4. The van der Waals surface area contributed by atoms with E-state index in [0.717, 1.165) is 10.6 Å². The molecule has 3 fully saturated rings. The van der Waals surface area contributed by atoms with Crippen LogP contribution in [-0.4, -0.2) is 45.8 Å². The van der Waals surface area contributed by atoms with Crippen molar-refractivity contribution in [2.45, 2.75) is 30.7 Å². The first-order chi connectivity index (χ1) is 25.0. The van der Waals surface area contributed by atoms with Crippen LogP contribution in [0.3, 0.4) is 0 Å². The number of fused-ring (bicyclic) bond motifs is 4. The van der Waals surface area contributed by atoms with Gasteiger partial charge >= 0.3 is 0 Å². The quantitative estimate of drug-likeness (QED) is 0.148. The Hall–Kier alpha value is -4.83. The van der Waals surface area contributed by atoms with E-state index in [0.29, 0.717) is 32.5 Å². The first-order valence-corrected chi connectivity index (χ1v) is 18.0. The number of carbonyl (C=O) groups is 4. The number of nitrogens with one attached hydrogen (secondary N) is 1. The van der Waals surface area contributed by atoms with Crippen molar-refractivity contribution in [3.05, 3.63) is 134 Å². The van der Waals surface area contributed by atoms with Gasteiger partial charge in [0.15, 0.2) is 0 Å². The summed E-state index contributed by atoms with van der Waals surface area (Å²) in [7, 11) is 1.53. The minimum Gasteiger partial charge on any atom is -0.508 e. The second-order valence-corrected chi connectivity index (χ2v) is 14.9. The maximum Gasteiger partial charge on any atom is 0.260 e. The third kappa shape index (κ3) is 5.20. The molecule has 6 atom stereocenters. The van der Waals surface area contributed by atoms with Crippen LogP contribution in [0.5, 0.6) is 11.5 Å². The van der Waals surface area contributed by atoms with Gasteiger partial charge in [0.1, 0.15) is 11.5 Å². The van der Waals surface area contributed by atoms with Crippen LogP contribution >= 0.6 is 34.8 Å². The van der Waals surface area contributed by atoms with Crippen molar-refractivity contribution in [3.63, 3.8) is 0 Å². The zero-order valence-electron chi connectivity index (χ0n) is 27.8. The van der Waals surface area contributed by atoms with Crippen LogP contribution in [0.25, 0.3) is 0 Å². The summed E-state index contributed by atoms with van der Waals surface area (Å²) in [4.78, 5) is 59.8. The Balaban J connectivity index is 1.32. The second kappa shape index (κ2) is 13.0. The number of amides is 4. The fourth-order valence-corrected chi connectivity index (χ4v) is 9.56. The Kier molecular flexibility index (Phi) is 8.56. The largest absolute Gasteiger partial charge is 0.508 e. The average Bonchev–Trinajstić information content (AvgIpc) is 3.51. The van der Waals surface area contributed by atoms with Gasteiger partial charge in [0.2, 0.25) is 11.8 Å². The third-order valence-electron chi connectivity index (χ3n) is 11.2. The van der Waals surface area contributed by atoms with Gasteiger partial charge in [-0.25, -0.2) is 0 Å². The van der Waals surface area contributed by atoms with E-state index in [1.54, 1.807) is 48.5 Å². The van der Waals surface area contributed by atoms with Gasteiger partial charge in [-0.3, -0.25) is 29.5 Å². The second-order valence-electron chi connectivity index (χ2n) is 13.7.